The van der Waals surface area contributed by atoms with Crippen LogP contribution in [0.1, 0.15) is 49.7 Å². The largest absolute Gasteiger partial charge is 0.493 e. The first kappa shape index (κ1) is 27.6. The fourth-order valence-corrected chi connectivity index (χ4v) is 9.25. The molecule has 1 amide bonds. The first-order chi connectivity index (χ1) is 19.7. The van der Waals surface area contributed by atoms with Gasteiger partial charge in [-0.05, 0) is 111 Å². The number of benzene rings is 3. The maximum absolute atomic E-state index is 13.8. The van der Waals surface area contributed by atoms with Crippen molar-refractivity contribution in [3.8, 4) is 11.5 Å². The summed E-state index contributed by atoms with van der Waals surface area (Å²) in [6.45, 7) is 1.49. The molecule has 0 aliphatic heterocycles. The number of carbonyl (C=O) groups excluding carboxylic acids is 1. The highest BCUT2D eigenvalue weighted by Crippen LogP contribution is 2.60. The molecule has 0 saturated heterocycles. The van der Waals surface area contributed by atoms with Crippen molar-refractivity contribution < 1.29 is 22.7 Å². The molecule has 0 heterocycles. The van der Waals surface area contributed by atoms with Gasteiger partial charge in [-0.3, -0.25) is 9.10 Å². The molecule has 4 aliphatic carbocycles. The van der Waals surface area contributed by atoms with Gasteiger partial charge in [0.2, 0.25) is 5.91 Å². The van der Waals surface area contributed by atoms with E-state index in [1.807, 2.05) is 19.1 Å². The fourth-order valence-electron chi connectivity index (χ4n) is 7.83. The number of rotatable bonds is 9. The van der Waals surface area contributed by atoms with Crippen LogP contribution in [-0.2, 0) is 20.2 Å². The summed E-state index contributed by atoms with van der Waals surface area (Å²) in [5, 5.41) is 2.93. The summed E-state index contributed by atoms with van der Waals surface area (Å²) >= 11 is 0. The standard InChI is InChI=1S/C33H38N2O5S/c1-22-4-11-29(12-5-22)41(37,38)35(28-10-13-30(39-2)31(17-28)40-3)21-32(36)34-27-8-6-26(7-9-27)33-18-23-14-24(19-33)16-25(15-23)20-33/h4-13,17,23-25H,14-16,18-21H2,1-3H3,(H,34,36). The number of methoxy groups -OCH3 is 2. The van der Waals surface area contributed by atoms with Crippen LogP contribution in [0.15, 0.2) is 71.6 Å². The Morgan fingerprint density at radius 3 is 2.00 bits per heavy atom. The molecule has 8 heteroatoms. The first-order valence-electron chi connectivity index (χ1n) is 14.4. The van der Waals surface area contributed by atoms with Crippen LogP contribution in [0.2, 0.25) is 0 Å². The zero-order valence-electron chi connectivity index (χ0n) is 23.9. The summed E-state index contributed by atoms with van der Waals surface area (Å²) in [6, 6.07) is 19.7. The van der Waals surface area contributed by atoms with Crippen LogP contribution in [-0.4, -0.2) is 35.1 Å². The van der Waals surface area contributed by atoms with Crippen molar-refractivity contribution in [2.75, 3.05) is 30.4 Å². The highest BCUT2D eigenvalue weighted by Gasteiger charge is 2.51. The van der Waals surface area contributed by atoms with Gasteiger partial charge in [-0.1, -0.05) is 29.8 Å². The molecule has 0 atom stereocenters. The number of aryl methyl sites for hydroxylation is 1. The number of anilines is 2. The van der Waals surface area contributed by atoms with Crippen LogP contribution in [0.25, 0.3) is 0 Å². The van der Waals surface area contributed by atoms with Crippen molar-refractivity contribution >= 4 is 27.3 Å². The molecule has 1 N–H and O–H groups in total. The third-order valence-electron chi connectivity index (χ3n) is 9.37. The third kappa shape index (κ3) is 5.30. The molecule has 0 aromatic heterocycles. The predicted octanol–water partition coefficient (Wildman–Crippen LogP) is 6.31. The molecule has 3 aromatic rings. The lowest BCUT2D eigenvalue weighted by molar-refractivity contribution is -0.114. The third-order valence-corrected chi connectivity index (χ3v) is 11.2. The van der Waals surface area contributed by atoms with Crippen LogP contribution in [0.3, 0.4) is 0 Å². The van der Waals surface area contributed by atoms with Crippen molar-refractivity contribution in [1.29, 1.82) is 0 Å². The second-order valence-corrected chi connectivity index (χ2v) is 14.0. The van der Waals surface area contributed by atoms with Crippen LogP contribution in [0, 0.1) is 24.7 Å². The number of hydrogen-bond acceptors (Lipinski definition) is 5. The first-order valence-corrected chi connectivity index (χ1v) is 15.8. The number of nitrogens with zero attached hydrogens (tertiary/aromatic N) is 1. The maximum atomic E-state index is 13.8. The highest BCUT2D eigenvalue weighted by atomic mass is 32.2. The minimum absolute atomic E-state index is 0.102. The topological polar surface area (TPSA) is 84.9 Å². The zero-order valence-corrected chi connectivity index (χ0v) is 24.7. The molecule has 4 aliphatic rings. The van der Waals surface area contributed by atoms with Gasteiger partial charge in [-0.25, -0.2) is 8.42 Å². The lowest BCUT2D eigenvalue weighted by Crippen LogP contribution is -2.48. The van der Waals surface area contributed by atoms with E-state index in [9.17, 15) is 13.2 Å². The molecule has 7 rings (SSSR count). The van der Waals surface area contributed by atoms with E-state index in [2.05, 4.69) is 17.4 Å². The highest BCUT2D eigenvalue weighted by molar-refractivity contribution is 7.92. The minimum Gasteiger partial charge on any atom is -0.493 e. The van der Waals surface area contributed by atoms with E-state index in [1.54, 1.807) is 42.5 Å². The number of hydrogen-bond donors (Lipinski definition) is 1. The van der Waals surface area contributed by atoms with Gasteiger partial charge in [0.05, 0.1) is 24.8 Å². The maximum Gasteiger partial charge on any atom is 0.264 e. The Morgan fingerprint density at radius 1 is 0.854 bits per heavy atom. The van der Waals surface area contributed by atoms with Gasteiger partial charge in [0.1, 0.15) is 6.54 Å². The van der Waals surface area contributed by atoms with Crippen LogP contribution >= 0.6 is 0 Å². The van der Waals surface area contributed by atoms with Gasteiger partial charge in [-0.15, -0.1) is 0 Å². The summed E-state index contributed by atoms with van der Waals surface area (Å²) < 4.78 is 39.5. The summed E-state index contributed by atoms with van der Waals surface area (Å²) in [7, 11) is -1.06. The number of carbonyl (C=O) groups is 1. The second-order valence-electron chi connectivity index (χ2n) is 12.2. The summed E-state index contributed by atoms with van der Waals surface area (Å²) in [6.07, 6.45) is 8.03. The summed E-state index contributed by atoms with van der Waals surface area (Å²) in [5.74, 6) is 2.98. The van der Waals surface area contributed by atoms with E-state index in [4.69, 9.17) is 9.47 Å². The van der Waals surface area contributed by atoms with E-state index >= 15 is 0 Å². The number of amides is 1. The monoisotopic (exact) mass is 574 g/mol. The fraction of sp³-hybridized carbons (Fsp3) is 0.424. The average molecular weight is 575 g/mol. The minimum atomic E-state index is -4.06. The van der Waals surface area contributed by atoms with Crippen molar-refractivity contribution in [1.82, 2.24) is 0 Å². The Balaban J connectivity index is 1.24. The molecule has 0 unspecified atom stereocenters. The van der Waals surface area contributed by atoms with E-state index in [-0.39, 0.29) is 10.3 Å². The van der Waals surface area contributed by atoms with E-state index in [1.165, 1.54) is 58.3 Å². The molecule has 41 heavy (non-hydrogen) atoms. The van der Waals surface area contributed by atoms with Crippen molar-refractivity contribution in [2.24, 2.45) is 17.8 Å². The number of ether oxygens (including phenoxy) is 2. The van der Waals surface area contributed by atoms with Gasteiger partial charge in [0.15, 0.2) is 11.5 Å². The Kier molecular flexibility index (Phi) is 7.22. The van der Waals surface area contributed by atoms with Crippen molar-refractivity contribution in [3.63, 3.8) is 0 Å². The number of sulfonamides is 1. The zero-order chi connectivity index (χ0) is 28.8. The summed E-state index contributed by atoms with van der Waals surface area (Å²) in [5.41, 5.74) is 3.56. The molecule has 0 spiro atoms. The van der Waals surface area contributed by atoms with Gasteiger partial charge in [-0.2, -0.15) is 0 Å². The van der Waals surface area contributed by atoms with Crippen molar-refractivity contribution in [2.45, 2.75) is 55.8 Å². The van der Waals surface area contributed by atoms with Crippen LogP contribution < -0.4 is 19.1 Å². The van der Waals surface area contributed by atoms with Crippen LogP contribution in [0.5, 0.6) is 11.5 Å². The smallest absolute Gasteiger partial charge is 0.264 e. The van der Waals surface area contributed by atoms with E-state index in [0.717, 1.165) is 27.6 Å². The van der Waals surface area contributed by atoms with E-state index < -0.39 is 22.5 Å². The second kappa shape index (κ2) is 10.7. The van der Waals surface area contributed by atoms with Crippen molar-refractivity contribution in [3.05, 3.63) is 77.9 Å². The van der Waals surface area contributed by atoms with Gasteiger partial charge >= 0.3 is 0 Å². The number of nitrogens with one attached hydrogen (secondary N) is 1. The molecule has 216 valence electrons. The lowest BCUT2D eigenvalue weighted by Gasteiger charge is -2.57. The summed E-state index contributed by atoms with van der Waals surface area (Å²) in [4.78, 5) is 13.4. The lowest BCUT2D eigenvalue weighted by atomic mass is 9.48. The molecule has 4 fully saturated rings. The molecule has 4 bridgehead atoms. The van der Waals surface area contributed by atoms with Gasteiger partial charge in [0.25, 0.3) is 10.0 Å². The Labute approximate surface area is 242 Å². The normalized spacial score (nSPS) is 24.6. The predicted molar refractivity (Wildman–Crippen MR) is 160 cm³/mol. The molecule has 4 saturated carbocycles. The Bertz CT molecular complexity index is 1500. The quantitative estimate of drug-likeness (QED) is 0.324. The average Bonchev–Trinajstić information content (AvgIpc) is 2.95. The molecule has 3 aromatic carbocycles. The Hall–Kier alpha value is -3.52. The van der Waals surface area contributed by atoms with E-state index in [0.29, 0.717) is 22.9 Å². The molecular formula is C33H38N2O5S. The Morgan fingerprint density at radius 2 is 1.44 bits per heavy atom. The molecule has 7 nitrogen and oxygen atoms in total. The SMILES string of the molecule is COc1ccc(N(CC(=O)Nc2ccc(C34CC5CC(CC(C5)C3)C4)cc2)S(=O)(=O)c2ccc(C)cc2)cc1OC. The van der Waals surface area contributed by atoms with Crippen LogP contribution in [0.4, 0.5) is 11.4 Å². The van der Waals surface area contributed by atoms with Gasteiger partial charge < -0.3 is 14.8 Å². The molecular weight excluding hydrogens is 536 g/mol. The molecule has 0 radical (unpaired) electrons. The van der Waals surface area contributed by atoms with Gasteiger partial charge in [0, 0.05) is 11.8 Å².